The molecular weight excluding hydrogens is 413 g/mol. The third-order valence-electron chi connectivity index (χ3n) is 4.79. The first-order valence-electron chi connectivity index (χ1n) is 9.11. The minimum Gasteiger partial charge on any atom is -0.486 e. The zero-order valence-corrected chi connectivity index (χ0v) is 17.2. The van der Waals surface area contributed by atoms with Crippen molar-refractivity contribution in [3.8, 4) is 0 Å². The minimum absolute atomic E-state index is 0.0936. The van der Waals surface area contributed by atoms with Gasteiger partial charge in [0, 0.05) is 16.3 Å². The predicted molar refractivity (Wildman–Crippen MR) is 112 cm³/mol. The van der Waals surface area contributed by atoms with E-state index in [1.54, 1.807) is 19.1 Å². The Hall–Kier alpha value is -2.70. The van der Waals surface area contributed by atoms with Gasteiger partial charge in [-0.25, -0.2) is 0 Å². The van der Waals surface area contributed by atoms with Gasteiger partial charge in [-0.3, -0.25) is 14.5 Å². The van der Waals surface area contributed by atoms with Crippen LogP contribution in [0.4, 0.5) is 5.69 Å². The van der Waals surface area contributed by atoms with Crippen LogP contribution in [0.1, 0.15) is 18.1 Å². The molecule has 1 fully saturated rings. The Bertz CT molecular complexity index is 1010. The second kappa shape index (κ2) is 7.61. The SMILES string of the molecule is CC1(Cl)Nc2ccc(Cl)cc2C(OCc2ccccc2)=C1N1CC(=O)NCC1=O. The molecule has 1 saturated heterocycles. The summed E-state index contributed by atoms with van der Waals surface area (Å²) < 4.78 is 6.21. The molecule has 2 aliphatic heterocycles. The maximum atomic E-state index is 12.6. The Labute approximate surface area is 178 Å². The summed E-state index contributed by atoms with van der Waals surface area (Å²) in [5.41, 5.74) is 2.76. The van der Waals surface area contributed by atoms with Gasteiger partial charge in [-0.1, -0.05) is 53.5 Å². The highest BCUT2D eigenvalue weighted by Gasteiger charge is 2.43. The van der Waals surface area contributed by atoms with Crippen LogP contribution in [0.15, 0.2) is 54.2 Å². The molecule has 2 N–H and O–H groups in total. The molecule has 0 saturated carbocycles. The summed E-state index contributed by atoms with van der Waals surface area (Å²) in [5.74, 6) is -0.103. The highest BCUT2D eigenvalue weighted by molar-refractivity contribution is 6.31. The molecule has 2 aromatic rings. The number of carbonyl (C=O) groups excluding carboxylic acids is 2. The summed E-state index contributed by atoms with van der Waals surface area (Å²) in [7, 11) is 0. The van der Waals surface area contributed by atoms with Gasteiger partial charge in [0.15, 0.2) is 10.8 Å². The lowest BCUT2D eigenvalue weighted by molar-refractivity contribution is -0.138. The fourth-order valence-electron chi connectivity index (χ4n) is 3.48. The smallest absolute Gasteiger partial charge is 0.246 e. The van der Waals surface area contributed by atoms with Gasteiger partial charge in [0.1, 0.15) is 18.8 Å². The maximum absolute atomic E-state index is 12.6. The van der Waals surface area contributed by atoms with Crippen molar-refractivity contribution in [2.75, 3.05) is 18.4 Å². The number of hydrogen-bond donors (Lipinski definition) is 2. The number of rotatable bonds is 4. The van der Waals surface area contributed by atoms with Crippen molar-refractivity contribution in [1.29, 1.82) is 0 Å². The zero-order valence-electron chi connectivity index (χ0n) is 15.7. The molecule has 6 nitrogen and oxygen atoms in total. The lowest BCUT2D eigenvalue weighted by Crippen LogP contribution is -2.55. The Kier molecular flexibility index (Phi) is 5.15. The molecule has 0 aliphatic carbocycles. The Morgan fingerprint density at radius 3 is 2.69 bits per heavy atom. The quantitative estimate of drug-likeness (QED) is 0.573. The Morgan fingerprint density at radius 2 is 1.93 bits per heavy atom. The first-order chi connectivity index (χ1) is 13.8. The van der Waals surface area contributed by atoms with Crippen LogP contribution in [-0.2, 0) is 20.9 Å². The van der Waals surface area contributed by atoms with E-state index in [0.717, 1.165) is 11.3 Å². The van der Waals surface area contributed by atoms with Crippen LogP contribution in [0.5, 0.6) is 0 Å². The average Bonchev–Trinajstić information content (AvgIpc) is 2.69. The lowest BCUT2D eigenvalue weighted by atomic mass is 9.99. The van der Waals surface area contributed by atoms with Gasteiger partial charge in [0.25, 0.3) is 0 Å². The largest absolute Gasteiger partial charge is 0.486 e. The van der Waals surface area contributed by atoms with Crippen LogP contribution >= 0.6 is 23.2 Å². The molecule has 4 rings (SSSR count). The fourth-order valence-corrected chi connectivity index (χ4v) is 3.94. The molecule has 0 bridgehead atoms. The molecule has 1 atom stereocenters. The molecule has 2 heterocycles. The topological polar surface area (TPSA) is 70.7 Å². The number of benzene rings is 2. The first-order valence-corrected chi connectivity index (χ1v) is 9.86. The van der Waals surface area contributed by atoms with Gasteiger partial charge in [0.2, 0.25) is 11.8 Å². The molecule has 0 radical (unpaired) electrons. The number of piperazine rings is 1. The summed E-state index contributed by atoms with van der Waals surface area (Å²) in [6.07, 6.45) is 0. The van der Waals surface area contributed by atoms with Gasteiger partial charge in [-0.2, -0.15) is 0 Å². The lowest BCUT2D eigenvalue weighted by Gasteiger charge is -2.41. The number of amides is 2. The van der Waals surface area contributed by atoms with Gasteiger partial charge < -0.3 is 15.4 Å². The van der Waals surface area contributed by atoms with E-state index < -0.39 is 5.00 Å². The number of alkyl halides is 1. The Balaban J connectivity index is 1.84. The van der Waals surface area contributed by atoms with Gasteiger partial charge in [0.05, 0.1) is 6.54 Å². The third-order valence-corrected chi connectivity index (χ3v) is 5.30. The number of nitrogens with zero attached hydrogens (tertiary/aromatic N) is 1. The number of anilines is 1. The monoisotopic (exact) mass is 431 g/mol. The number of nitrogens with one attached hydrogen (secondary N) is 2. The van der Waals surface area contributed by atoms with E-state index in [-0.39, 0.29) is 31.5 Å². The average molecular weight is 432 g/mol. The van der Waals surface area contributed by atoms with E-state index in [1.807, 2.05) is 36.4 Å². The molecule has 0 aromatic heterocycles. The van der Waals surface area contributed by atoms with Gasteiger partial charge >= 0.3 is 0 Å². The number of carbonyl (C=O) groups is 2. The van der Waals surface area contributed by atoms with Crippen LogP contribution in [-0.4, -0.2) is 34.8 Å². The normalized spacial score (nSPS) is 21.4. The van der Waals surface area contributed by atoms with E-state index in [2.05, 4.69) is 10.6 Å². The van der Waals surface area contributed by atoms with Crippen molar-refractivity contribution in [3.63, 3.8) is 0 Å². The van der Waals surface area contributed by atoms with E-state index in [9.17, 15) is 9.59 Å². The van der Waals surface area contributed by atoms with E-state index >= 15 is 0 Å². The predicted octanol–water partition coefficient (Wildman–Crippen LogP) is 3.56. The second-order valence-corrected chi connectivity index (χ2v) is 8.22. The fraction of sp³-hybridized carbons (Fsp3) is 0.238. The molecule has 1 unspecified atom stereocenters. The Morgan fingerprint density at radius 1 is 1.17 bits per heavy atom. The molecule has 8 heteroatoms. The molecule has 2 aromatic carbocycles. The van der Waals surface area contributed by atoms with Crippen molar-refractivity contribution < 1.29 is 14.3 Å². The van der Waals surface area contributed by atoms with Crippen molar-refractivity contribution in [2.24, 2.45) is 0 Å². The number of hydrogen-bond acceptors (Lipinski definition) is 4. The van der Waals surface area contributed by atoms with Crippen molar-refractivity contribution >= 4 is 46.5 Å². The number of ether oxygens (including phenoxy) is 1. The molecular formula is C21H19Cl2N3O3. The van der Waals surface area contributed by atoms with Crippen LogP contribution in [0.25, 0.3) is 5.76 Å². The summed E-state index contributed by atoms with van der Waals surface area (Å²) in [6, 6.07) is 15.0. The highest BCUT2D eigenvalue weighted by atomic mass is 35.5. The number of halogens is 2. The van der Waals surface area contributed by atoms with Crippen LogP contribution < -0.4 is 10.6 Å². The summed E-state index contributed by atoms with van der Waals surface area (Å²) in [6.45, 7) is 1.77. The molecule has 29 heavy (non-hydrogen) atoms. The van der Waals surface area contributed by atoms with Crippen molar-refractivity contribution in [2.45, 2.75) is 18.5 Å². The van der Waals surface area contributed by atoms with Crippen molar-refractivity contribution in [3.05, 3.63) is 70.4 Å². The molecule has 0 spiro atoms. The van der Waals surface area contributed by atoms with E-state index in [1.165, 1.54) is 4.90 Å². The van der Waals surface area contributed by atoms with Gasteiger partial charge in [-0.15, -0.1) is 0 Å². The molecule has 2 amide bonds. The first kappa shape index (κ1) is 19.6. The van der Waals surface area contributed by atoms with Crippen LogP contribution in [0.3, 0.4) is 0 Å². The summed E-state index contributed by atoms with van der Waals surface area (Å²) >= 11 is 13.1. The molecule has 150 valence electrons. The highest BCUT2D eigenvalue weighted by Crippen LogP contribution is 2.44. The van der Waals surface area contributed by atoms with Crippen LogP contribution in [0, 0.1) is 0 Å². The number of fused-ring (bicyclic) bond motifs is 1. The second-order valence-electron chi connectivity index (χ2n) is 7.03. The molecule has 2 aliphatic rings. The summed E-state index contributed by atoms with van der Waals surface area (Å²) in [5, 5.41) is 6.29. The van der Waals surface area contributed by atoms with E-state index in [0.29, 0.717) is 22.0 Å². The standard InChI is InChI=1S/C21H19Cl2N3O3/c1-21(23)20(26-11-17(27)24-10-18(26)28)19(29-12-13-5-3-2-4-6-13)15-9-14(22)7-8-16(15)25-21/h2-9,25H,10-12H2,1H3,(H,24,27). The van der Waals surface area contributed by atoms with Gasteiger partial charge in [-0.05, 0) is 30.7 Å². The van der Waals surface area contributed by atoms with E-state index in [4.69, 9.17) is 27.9 Å². The summed E-state index contributed by atoms with van der Waals surface area (Å²) in [4.78, 5) is 24.9. The van der Waals surface area contributed by atoms with Crippen molar-refractivity contribution in [1.82, 2.24) is 10.2 Å². The maximum Gasteiger partial charge on any atom is 0.246 e. The third kappa shape index (κ3) is 3.91. The van der Waals surface area contributed by atoms with Crippen LogP contribution in [0.2, 0.25) is 5.02 Å². The zero-order chi connectivity index (χ0) is 20.6. The minimum atomic E-state index is -1.17.